The van der Waals surface area contributed by atoms with E-state index in [4.69, 9.17) is 4.74 Å². The lowest BCUT2D eigenvalue weighted by molar-refractivity contribution is 0.241. The molecule has 2 amide bonds. The van der Waals surface area contributed by atoms with Gasteiger partial charge < -0.3 is 15.4 Å². The fourth-order valence-electron chi connectivity index (χ4n) is 2.56. The topological polar surface area (TPSA) is 50.4 Å². The number of hydrogen-bond acceptors (Lipinski definition) is 2. The minimum atomic E-state index is -0.184. The number of anilines is 1. The predicted molar refractivity (Wildman–Crippen MR) is 90.4 cm³/mol. The molecule has 1 aromatic carbocycles. The van der Waals surface area contributed by atoms with Gasteiger partial charge in [-0.25, -0.2) is 4.79 Å². The van der Waals surface area contributed by atoms with Gasteiger partial charge in [0.2, 0.25) is 0 Å². The van der Waals surface area contributed by atoms with Gasteiger partial charge in [0, 0.05) is 6.54 Å². The van der Waals surface area contributed by atoms with Crippen molar-refractivity contribution in [1.29, 1.82) is 0 Å². The molecule has 1 aliphatic carbocycles. The van der Waals surface area contributed by atoms with Crippen molar-refractivity contribution in [3.8, 4) is 5.75 Å². The highest BCUT2D eigenvalue weighted by atomic mass is 16.5. The van der Waals surface area contributed by atoms with E-state index in [2.05, 4.69) is 16.7 Å². The molecule has 0 saturated carbocycles. The number of carbonyl (C=O) groups is 1. The molecule has 2 N–H and O–H groups in total. The van der Waals surface area contributed by atoms with E-state index in [1.54, 1.807) is 0 Å². The SMILES string of the molecule is CC(C)Oc1ccccc1NC(=O)NCCC1=CCCCC1. The Hall–Kier alpha value is -1.97. The van der Waals surface area contributed by atoms with Crippen LogP contribution in [0.3, 0.4) is 0 Å². The van der Waals surface area contributed by atoms with E-state index in [0.717, 1.165) is 6.42 Å². The quantitative estimate of drug-likeness (QED) is 0.761. The van der Waals surface area contributed by atoms with Crippen molar-refractivity contribution in [2.24, 2.45) is 0 Å². The monoisotopic (exact) mass is 302 g/mol. The second-order valence-electron chi connectivity index (χ2n) is 5.90. The van der Waals surface area contributed by atoms with Gasteiger partial charge in [-0.1, -0.05) is 23.8 Å². The standard InChI is InChI=1S/C18H26N2O2/c1-14(2)22-17-11-7-6-10-16(17)20-18(21)19-13-12-15-8-4-3-5-9-15/h6-8,10-11,14H,3-5,9,12-13H2,1-2H3,(H2,19,20,21). The molecule has 22 heavy (non-hydrogen) atoms. The van der Waals surface area contributed by atoms with Crippen LogP contribution in [0.25, 0.3) is 0 Å². The number of benzene rings is 1. The third-order valence-corrected chi connectivity index (χ3v) is 3.61. The molecule has 0 heterocycles. The highest BCUT2D eigenvalue weighted by molar-refractivity contribution is 5.90. The van der Waals surface area contributed by atoms with Gasteiger partial charge in [-0.05, 0) is 58.1 Å². The maximum Gasteiger partial charge on any atom is 0.319 e. The summed E-state index contributed by atoms with van der Waals surface area (Å²) in [6.45, 7) is 4.61. The highest BCUT2D eigenvalue weighted by Crippen LogP contribution is 2.24. The number of rotatable bonds is 6. The Morgan fingerprint density at radius 3 is 2.82 bits per heavy atom. The molecule has 120 valence electrons. The largest absolute Gasteiger partial charge is 0.489 e. The Balaban J connectivity index is 1.80. The summed E-state index contributed by atoms with van der Waals surface area (Å²) in [6, 6.07) is 7.31. The van der Waals surface area contributed by atoms with Crippen molar-refractivity contribution >= 4 is 11.7 Å². The number of carbonyl (C=O) groups excluding carboxylic acids is 1. The average Bonchev–Trinajstić information content (AvgIpc) is 2.50. The fraction of sp³-hybridized carbons (Fsp3) is 0.500. The van der Waals surface area contributed by atoms with Crippen molar-refractivity contribution in [2.45, 2.75) is 52.1 Å². The molecule has 4 heteroatoms. The summed E-state index contributed by atoms with van der Waals surface area (Å²) < 4.78 is 5.69. The molecule has 0 fully saturated rings. The highest BCUT2D eigenvalue weighted by Gasteiger charge is 2.09. The van der Waals surface area contributed by atoms with Crippen LogP contribution in [0.2, 0.25) is 0 Å². The van der Waals surface area contributed by atoms with Gasteiger partial charge in [0.15, 0.2) is 0 Å². The zero-order chi connectivity index (χ0) is 15.8. The predicted octanol–water partition coefficient (Wildman–Crippen LogP) is 4.49. The van der Waals surface area contributed by atoms with Gasteiger partial charge in [0.25, 0.3) is 0 Å². The third kappa shape index (κ3) is 5.43. The molecule has 0 aromatic heterocycles. The first kappa shape index (κ1) is 16.4. The Labute approximate surface area is 132 Å². The van der Waals surface area contributed by atoms with Crippen LogP contribution in [0.15, 0.2) is 35.9 Å². The molecule has 0 spiro atoms. The molecule has 4 nitrogen and oxygen atoms in total. The van der Waals surface area contributed by atoms with Crippen molar-refractivity contribution in [3.63, 3.8) is 0 Å². The summed E-state index contributed by atoms with van der Waals surface area (Å²) in [5.74, 6) is 0.697. The first-order chi connectivity index (χ1) is 10.6. The Morgan fingerprint density at radius 1 is 1.27 bits per heavy atom. The first-order valence-corrected chi connectivity index (χ1v) is 8.13. The lowest BCUT2D eigenvalue weighted by atomic mass is 9.97. The summed E-state index contributed by atoms with van der Waals surface area (Å²) >= 11 is 0. The lowest BCUT2D eigenvalue weighted by Gasteiger charge is -2.16. The van der Waals surface area contributed by atoms with Crippen molar-refractivity contribution in [1.82, 2.24) is 5.32 Å². The van der Waals surface area contributed by atoms with E-state index in [0.29, 0.717) is 18.0 Å². The van der Waals surface area contributed by atoms with Crippen LogP contribution in [0.5, 0.6) is 5.75 Å². The summed E-state index contributed by atoms with van der Waals surface area (Å²) in [7, 11) is 0. The molecule has 0 aliphatic heterocycles. The van der Waals surface area contributed by atoms with E-state index in [-0.39, 0.29) is 12.1 Å². The molecule has 0 saturated heterocycles. The molecule has 2 rings (SSSR count). The van der Waals surface area contributed by atoms with Gasteiger partial charge in [0.05, 0.1) is 11.8 Å². The van der Waals surface area contributed by atoms with Gasteiger partial charge in [-0.15, -0.1) is 0 Å². The zero-order valence-electron chi connectivity index (χ0n) is 13.5. The summed E-state index contributed by atoms with van der Waals surface area (Å²) in [5.41, 5.74) is 2.17. The van der Waals surface area contributed by atoms with Crippen molar-refractivity contribution in [3.05, 3.63) is 35.9 Å². The summed E-state index contributed by atoms with van der Waals surface area (Å²) in [6.07, 6.45) is 8.26. The Morgan fingerprint density at radius 2 is 2.09 bits per heavy atom. The van der Waals surface area contributed by atoms with E-state index >= 15 is 0 Å². The molecular formula is C18H26N2O2. The number of nitrogens with one attached hydrogen (secondary N) is 2. The third-order valence-electron chi connectivity index (χ3n) is 3.61. The van der Waals surface area contributed by atoms with Crippen LogP contribution in [-0.4, -0.2) is 18.7 Å². The van der Waals surface area contributed by atoms with Crippen LogP contribution >= 0.6 is 0 Å². The zero-order valence-corrected chi connectivity index (χ0v) is 13.5. The average molecular weight is 302 g/mol. The normalized spacial score (nSPS) is 14.4. The number of ether oxygens (including phenoxy) is 1. The maximum atomic E-state index is 12.0. The van der Waals surface area contributed by atoms with Crippen molar-refractivity contribution in [2.75, 3.05) is 11.9 Å². The van der Waals surface area contributed by atoms with Crippen LogP contribution < -0.4 is 15.4 Å². The second kappa shape index (κ2) is 8.47. The minimum absolute atomic E-state index is 0.0734. The van der Waals surface area contributed by atoms with Crippen LogP contribution in [-0.2, 0) is 0 Å². The first-order valence-electron chi connectivity index (χ1n) is 8.13. The van der Waals surface area contributed by atoms with E-state index in [1.807, 2.05) is 38.1 Å². The number of urea groups is 1. The summed E-state index contributed by atoms with van der Waals surface area (Å²) in [5, 5.41) is 5.77. The fourth-order valence-corrected chi connectivity index (χ4v) is 2.56. The van der Waals surface area contributed by atoms with Crippen LogP contribution in [0, 0.1) is 0 Å². The Kier molecular flexibility index (Phi) is 6.31. The number of para-hydroxylation sites is 2. The molecule has 1 aromatic rings. The van der Waals surface area contributed by atoms with Gasteiger partial charge >= 0.3 is 6.03 Å². The molecule has 0 bridgehead atoms. The molecular weight excluding hydrogens is 276 g/mol. The van der Waals surface area contributed by atoms with Gasteiger partial charge in [0.1, 0.15) is 5.75 Å². The van der Waals surface area contributed by atoms with E-state index < -0.39 is 0 Å². The molecule has 0 atom stereocenters. The van der Waals surface area contributed by atoms with Crippen LogP contribution in [0.1, 0.15) is 46.0 Å². The lowest BCUT2D eigenvalue weighted by Crippen LogP contribution is -2.30. The minimum Gasteiger partial charge on any atom is -0.489 e. The number of amides is 2. The molecule has 0 unspecified atom stereocenters. The van der Waals surface area contributed by atoms with Gasteiger partial charge in [-0.2, -0.15) is 0 Å². The number of hydrogen-bond donors (Lipinski definition) is 2. The molecule has 1 aliphatic rings. The van der Waals surface area contributed by atoms with E-state index in [1.165, 1.54) is 31.3 Å². The number of allylic oxidation sites excluding steroid dienone is 1. The van der Waals surface area contributed by atoms with Crippen LogP contribution in [0.4, 0.5) is 10.5 Å². The van der Waals surface area contributed by atoms with Gasteiger partial charge in [-0.3, -0.25) is 0 Å². The molecule has 0 radical (unpaired) electrons. The Bertz CT molecular complexity index is 524. The van der Waals surface area contributed by atoms with Crippen molar-refractivity contribution < 1.29 is 9.53 Å². The second-order valence-corrected chi connectivity index (χ2v) is 5.90. The maximum absolute atomic E-state index is 12.0. The summed E-state index contributed by atoms with van der Waals surface area (Å²) in [4.78, 5) is 12.0. The smallest absolute Gasteiger partial charge is 0.319 e. The van der Waals surface area contributed by atoms with E-state index in [9.17, 15) is 4.79 Å².